The minimum absolute atomic E-state index is 0.807. The molecule has 0 bridgehead atoms. The fourth-order valence-electron chi connectivity index (χ4n) is 11.2. The molecule has 0 spiro atoms. The molecule has 0 amide bonds. The summed E-state index contributed by atoms with van der Waals surface area (Å²) < 4.78 is 14.5. The molecule has 6 heteroatoms. The standard InChI is InChI=1S/C66H46N4O2/c1-39-15-11-19-43(31-39)51-35-57-64-54(38-56-50-30-28-48(34-60(50)71-65(56)57)70(46-23-9-6-10-24-46)62-26-14-18-42(4)68-62)52(44-20-12-16-40(2)32-44)36-58-63(64)53(51)37-55-49-29-27-47(33-59(49)72-66(55)58)69(45-21-7-5-8-22-45)61-25-13-17-41(3)67-61/h5-38H,1-4H3. The molecule has 0 N–H and O–H groups in total. The highest BCUT2D eigenvalue weighted by molar-refractivity contribution is 6.38. The van der Waals surface area contributed by atoms with E-state index in [1.54, 1.807) is 0 Å². The average Bonchev–Trinajstić information content (AvgIpc) is 3.96. The van der Waals surface area contributed by atoms with Crippen LogP contribution in [0.5, 0.6) is 0 Å². The first-order chi connectivity index (χ1) is 35.3. The maximum absolute atomic E-state index is 7.25. The molecule has 0 aliphatic heterocycles. The molecule has 4 heterocycles. The highest BCUT2D eigenvalue weighted by Gasteiger charge is 2.26. The van der Waals surface area contributed by atoms with Crippen molar-refractivity contribution >= 4 is 111 Å². The Morgan fingerprint density at radius 2 is 0.750 bits per heavy atom. The van der Waals surface area contributed by atoms with Crippen LogP contribution in [-0.2, 0) is 0 Å². The van der Waals surface area contributed by atoms with Gasteiger partial charge in [-0.3, -0.25) is 9.80 Å². The average molecular weight is 927 g/mol. The molecule has 0 saturated heterocycles. The van der Waals surface area contributed by atoms with Crippen LogP contribution in [0.2, 0.25) is 0 Å². The second-order valence-electron chi connectivity index (χ2n) is 19.2. The van der Waals surface area contributed by atoms with Gasteiger partial charge in [0.2, 0.25) is 0 Å². The number of aromatic nitrogens is 2. The molecule has 4 aromatic heterocycles. The monoisotopic (exact) mass is 926 g/mol. The van der Waals surface area contributed by atoms with Crippen molar-refractivity contribution in [1.29, 1.82) is 0 Å². The van der Waals surface area contributed by atoms with Gasteiger partial charge in [0.05, 0.1) is 11.4 Å². The van der Waals surface area contributed by atoms with Gasteiger partial charge in [-0.15, -0.1) is 0 Å². The van der Waals surface area contributed by atoms with E-state index in [-0.39, 0.29) is 0 Å². The van der Waals surface area contributed by atoms with Crippen LogP contribution < -0.4 is 9.80 Å². The Morgan fingerprint density at radius 3 is 1.17 bits per heavy atom. The van der Waals surface area contributed by atoms with Gasteiger partial charge in [0.15, 0.2) is 0 Å². The van der Waals surface area contributed by atoms with Gasteiger partial charge in [-0.2, -0.15) is 0 Å². The predicted octanol–water partition coefficient (Wildman–Crippen LogP) is 18.7. The van der Waals surface area contributed by atoms with Gasteiger partial charge in [-0.1, -0.05) is 108 Å². The molecule has 0 radical (unpaired) electrons. The quantitative estimate of drug-likeness (QED) is 0.142. The van der Waals surface area contributed by atoms with Gasteiger partial charge in [0.25, 0.3) is 0 Å². The van der Waals surface area contributed by atoms with Crippen LogP contribution in [0.15, 0.2) is 215 Å². The van der Waals surface area contributed by atoms with Gasteiger partial charge in [0, 0.05) is 78.0 Å². The Balaban J connectivity index is 1.08. The lowest BCUT2D eigenvalue weighted by Crippen LogP contribution is -2.11. The van der Waals surface area contributed by atoms with E-state index in [1.807, 2.05) is 38.1 Å². The molecule has 0 atom stereocenters. The minimum Gasteiger partial charge on any atom is -0.455 e. The number of para-hydroxylation sites is 2. The van der Waals surface area contributed by atoms with Gasteiger partial charge in [0.1, 0.15) is 34.0 Å². The van der Waals surface area contributed by atoms with E-state index in [1.165, 1.54) is 21.9 Å². The van der Waals surface area contributed by atoms with Crippen LogP contribution in [0.25, 0.3) is 98.4 Å². The normalized spacial score (nSPS) is 11.9. The van der Waals surface area contributed by atoms with Crippen LogP contribution in [0.4, 0.5) is 34.4 Å². The van der Waals surface area contributed by atoms with Crippen molar-refractivity contribution in [1.82, 2.24) is 9.97 Å². The molecular weight excluding hydrogens is 881 g/mol. The number of pyridine rings is 2. The van der Waals surface area contributed by atoms with Crippen molar-refractivity contribution in [3.05, 3.63) is 229 Å². The molecule has 0 unspecified atom stereocenters. The Bertz CT molecular complexity index is 4170. The summed E-state index contributed by atoms with van der Waals surface area (Å²) in [5.74, 6) is 1.69. The summed E-state index contributed by atoms with van der Waals surface area (Å²) >= 11 is 0. The van der Waals surface area contributed by atoms with Crippen molar-refractivity contribution in [2.45, 2.75) is 27.7 Å². The van der Waals surface area contributed by atoms with Crippen molar-refractivity contribution in [3.63, 3.8) is 0 Å². The number of anilines is 6. The molecule has 6 nitrogen and oxygen atoms in total. The van der Waals surface area contributed by atoms with E-state index in [9.17, 15) is 0 Å². The number of nitrogens with zero attached hydrogens (tertiary/aromatic N) is 4. The predicted molar refractivity (Wildman–Crippen MR) is 299 cm³/mol. The number of hydrogen-bond donors (Lipinski definition) is 0. The van der Waals surface area contributed by atoms with Crippen LogP contribution in [0.1, 0.15) is 22.5 Å². The summed E-state index contributed by atoms with van der Waals surface area (Å²) in [5.41, 5.74) is 16.2. The summed E-state index contributed by atoms with van der Waals surface area (Å²) in [4.78, 5) is 14.4. The lowest BCUT2D eigenvalue weighted by molar-refractivity contribution is 0.672. The van der Waals surface area contributed by atoms with Gasteiger partial charge in [-0.05, 0) is 158 Å². The fraction of sp³-hybridized carbons (Fsp3) is 0.0606. The van der Waals surface area contributed by atoms with Crippen molar-refractivity contribution in [3.8, 4) is 22.3 Å². The van der Waals surface area contributed by atoms with Crippen LogP contribution in [0, 0.1) is 27.7 Å². The minimum atomic E-state index is 0.807. The van der Waals surface area contributed by atoms with E-state index >= 15 is 0 Å². The topological polar surface area (TPSA) is 58.5 Å². The third kappa shape index (κ3) is 6.64. The zero-order valence-electron chi connectivity index (χ0n) is 40.2. The first-order valence-electron chi connectivity index (χ1n) is 24.5. The first kappa shape index (κ1) is 41.7. The zero-order valence-corrected chi connectivity index (χ0v) is 40.2. The van der Waals surface area contributed by atoms with Gasteiger partial charge in [-0.25, -0.2) is 9.97 Å². The lowest BCUT2D eigenvalue weighted by atomic mass is 9.84. The molecule has 10 aromatic carbocycles. The Labute approximate surface area is 416 Å². The molecule has 14 aromatic rings. The first-order valence-corrected chi connectivity index (χ1v) is 24.5. The van der Waals surface area contributed by atoms with Gasteiger partial charge < -0.3 is 8.83 Å². The third-order valence-electron chi connectivity index (χ3n) is 14.4. The Morgan fingerprint density at radius 1 is 0.319 bits per heavy atom. The van der Waals surface area contributed by atoms with E-state index in [2.05, 4.69) is 206 Å². The second kappa shape index (κ2) is 16.2. The van der Waals surface area contributed by atoms with E-state index in [0.29, 0.717) is 0 Å². The molecule has 0 aliphatic rings. The summed E-state index contributed by atoms with van der Waals surface area (Å²) in [6, 6.07) is 73.5. The Hall–Kier alpha value is -9.26. The largest absolute Gasteiger partial charge is 0.455 e. The maximum atomic E-state index is 7.25. The summed E-state index contributed by atoms with van der Waals surface area (Å²) in [5, 5.41) is 11.0. The highest BCUT2D eigenvalue weighted by Crippen LogP contribution is 2.52. The van der Waals surface area contributed by atoms with E-state index in [4.69, 9.17) is 18.8 Å². The number of benzene rings is 10. The zero-order chi connectivity index (χ0) is 48.2. The number of hydrogen-bond acceptors (Lipinski definition) is 6. The number of aryl methyl sites for hydroxylation is 4. The van der Waals surface area contributed by atoms with Crippen LogP contribution in [-0.4, -0.2) is 9.97 Å². The van der Waals surface area contributed by atoms with Crippen molar-refractivity contribution in [2.75, 3.05) is 9.80 Å². The second-order valence-corrected chi connectivity index (χ2v) is 19.2. The lowest BCUT2D eigenvalue weighted by Gasteiger charge is -2.24. The van der Waals surface area contributed by atoms with Crippen molar-refractivity contribution < 1.29 is 8.83 Å². The van der Waals surface area contributed by atoms with Crippen LogP contribution in [0.3, 0.4) is 0 Å². The molecule has 0 aliphatic carbocycles. The molecule has 72 heavy (non-hydrogen) atoms. The number of furan rings is 2. The van der Waals surface area contributed by atoms with E-state index < -0.39 is 0 Å². The Kier molecular flexibility index (Phi) is 9.35. The van der Waals surface area contributed by atoms with Crippen molar-refractivity contribution in [2.24, 2.45) is 0 Å². The molecular formula is C66H46N4O2. The van der Waals surface area contributed by atoms with Crippen LogP contribution >= 0.6 is 0 Å². The fourth-order valence-corrected chi connectivity index (χ4v) is 11.2. The smallest absolute Gasteiger partial charge is 0.143 e. The molecule has 342 valence electrons. The molecule has 0 saturated carbocycles. The summed E-state index contributed by atoms with van der Waals surface area (Å²) in [6.07, 6.45) is 0. The number of fused-ring (bicyclic) bond motifs is 8. The van der Waals surface area contributed by atoms with Gasteiger partial charge >= 0.3 is 0 Å². The summed E-state index contributed by atoms with van der Waals surface area (Å²) in [7, 11) is 0. The molecule has 0 fully saturated rings. The maximum Gasteiger partial charge on any atom is 0.143 e. The SMILES string of the molecule is Cc1cccc(-c2cc3c4oc5cc(N(c6ccccc6)c6cccc(C)n6)ccc5c4cc4c(-c5cccc(C)c5)cc5c6oc7cc(N(c8ccccc8)c8cccc(C)n8)ccc7c6cc2c5c43)c1. The molecule has 14 rings (SSSR count). The third-order valence-corrected chi connectivity index (χ3v) is 14.4. The highest BCUT2D eigenvalue weighted by atomic mass is 16.3. The summed E-state index contributed by atoms with van der Waals surface area (Å²) in [6.45, 7) is 8.40. The number of rotatable bonds is 8. The van der Waals surface area contributed by atoms with E-state index in [0.717, 1.165) is 133 Å².